The van der Waals surface area contributed by atoms with Gasteiger partial charge in [0.15, 0.2) is 0 Å². The lowest BCUT2D eigenvalue weighted by Gasteiger charge is -2.21. The minimum absolute atomic E-state index is 0.251. The summed E-state index contributed by atoms with van der Waals surface area (Å²) >= 11 is 0. The zero-order chi connectivity index (χ0) is 18.0. The number of carbonyl (C=O) groups is 1. The number of allylic oxidation sites excluding steroid dienone is 2. The van der Waals surface area contributed by atoms with Crippen LogP contribution in [0.5, 0.6) is 0 Å². The van der Waals surface area contributed by atoms with Crippen molar-refractivity contribution in [2.24, 2.45) is 4.99 Å². The predicted molar refractivity (Wildman–Crippen MR) is 95.7 cm³/mol. The van der Waals surface area contributed by atoms with Crippen molar-refractivity contribution in [1.29, 1.82) is 0 Å². The average molecular weight is 319 g/mol. The second-order valence-electron chi connectivity index (χ2n) is 5.55. The van der Waals surface area contributed by atoms with E-state index in [1.165, 1.54) is 6.92 Å². The van der Waals surface area contributed by atoms with Crippen LogP contribution in [0.4, 0.5) is 0 Å². The highest BCUT2D eigenvalue weighted by molar-refractivity contribution is 5.98. The van der Waals surface area contributed by atoms with E-state index in [9.17, 15) is 4.79 Å². The van der Waals surface area contributed by atoms with Gasteiger partial charge in [0.2, 0.25) is 0 Å². The van der Waals surface area contributed by atoms with Gasteiger partial charge in [-0.2, -0.15) is 0 Å². The molecule has 0 rings (SSSR count). The highest BCUT2D eigenvalue weighted by atomic mass is 16.5. The van der Waals surface area contributed by atoms with Crippen LogP contribution in [-0.4, -0.2) is 48.7 Å². The summed E-state index contributed by atoms with van der Waals surface area (Å²) in [6.45, 7) is 12.4. The third-order valence-electron chi connectivity index (χ3n) is 3.54. The summed E-state index contributed by atoms with van der Waals surface area (Å²) in [6.07, 6.45) is 7.25. The third kappa shape index (κ3) is 8.10. The molecule has 0 unspecified atom stereocenters. The Bertz CT molecular complexity index is 525. The van der Waals surface area contributed by atoms with Crippen molar-refractivity contribution in [3.63, 3.8) is 0 Å². The van der Waals surface area contributed by atoms with Crippen molar-refractivity contribution in [3.8, 4) is 12.5 Å². The predicted octanol–water partition coefficient (Wildman–Crippen LogP) is 3.01. The average Bonchev–Trinajstić information content (AvgIpc) is 2.48. The number of aliphatic imine (C=N–C) groups is 1. The van der Waals surface area contributed by atoms with Gasteiger partial charge in [0.1, 0.15) is 5.82 Å². The van der Waals surface area contributed by atoms with Gasteiger partial charge in [-0.15, -0.1) is 0 Å². The minimum Gasteiger partial charge on any atom is -0.466 e. The van der Waals surface area contributed by atoms with Crippen molar-refractivity contribution in [3.05, 3.63) is 23.7 Å². The Morgan fingerprint density at radius 1 is 1.22 bits per heavy atom. The smallest absolute Gasteiger partial charge is 0.302 e. The van der Waals surface area contributed by atoms with Crippen LogP contribution < -0.4 is 0 Å². The largest absolute Gasteiger partial charge is 0.466 e. The highest BCUT2D eigenvalue weighted by Crippen LogP contribution is 2.13. The minimum atomic E-state index is -0.251. The van der Waals surface area contributed by atoms with E-state index in [1.807, 2.05) is 44.7 Å². The first-order valence-corrected chi connectivity index (χ1v) is 7.67. The molecule has 128 valence electrons. The molecule has 0 aliphatic heterocycles. The van der Waals surface area contributed by atoms with Crippen molar-refractivity contribution in [2.45, 2.75) is 40.5 Å². The molecule has 0 aliphatic carbocycles. The molecule has 5 nitrogen and oxygen atoms in total. The maximum absolute atomic E-state index is 10.7. The standard InChI is InChI=1S/C18H29N3O2/c1-9-21(12-10-11-13-23-18(6)22)16(4)14(2)15(3)19-17(5)20(7)8/h1H,5,10-13H2,2-4,6-8H3/b16-14+,19-15-. The van der Waals surface area contributed by atoms with E-state index in [0.717, 1.165) is 29.8 Å². The number of ether oxygens (including phenoxy) is 1. The fourth-order valence-electron chi connectivity index (χ4n) is 1.76. The normalized spacial score (nSPS) is 12.1. The Hall–Kier alpha value is -2.22. The molecule has 5 heteroatoms. The quantitative estimate of drug-likeness (QED) is 0.215. The van der Waals surface area contributed by atoms with Gasteiger partial charge in [-0.3, -0.25) is 4.79 Å². The zero-order valence-electron chi connectivity index (χ0n) is 15.3. The molecule has 0 spiro atoms. The van der Waals surface area contributed by atoms with E-state index in [2.05, 4.69) is 17.6 Å². The Labute approximate surface area is 140 Å². The lowest BCUT2D eigenvalue weighted by Crippen LogP contribution is -2.20. The first-order valence-electron chi connectivity index (χ1n) is 7.67. The number of rotatable bonds is 9. The molecule has 0 heterocycles. The lowest BCUT2D eigenvalue weighted by molar-refractivity contribution is -0.141. The number of unbranched alkanes of at least 4 members (excludes halogenated alkanes) is 1. The Morgan fingerprint density at radius 2 is 1.83 bits per heavy atom. The summed E-state index contributed by atoms with van der Waals surface area (Å²) in [5, 5.41) is 0. The Balaban J connectivity index is 4.78. The second kappa shape index (κ2) is 10.5. The van der Waals surface area contributed by atoms with Gasteiger partial charge in [0.25, 0.3) is 0 Å². The number of carbonyl (C=O) groups excluding carboxylic acids is 1. The molecular formula is C18H29N3O2. The molecule has 23 heavy (non-hydrogen) atoms. The van der Waals surface area contributed by atoms with E-state index >= 15 is 0 Å². The fourth-order valence-corrected chi connectivity index (χ4v) is 1.76. The second-order valence-corrected chi connectivity index (χ2v) is 5.55. The van der Waals surface area contributed by atoms with Crippen LogP contribution in [0.1, 0.15) is 40.5 Å². The molecule has 0 radical (unpaired) electrons. The molecule has 0 aliphatic rings. The van der Waals surface area contributed by atoms with E-state index < -0.39 is 0 Å². The molecule has 0 amide bonds. The van der Waals surface area contributed by atoms with Crippen molar-refractivity contribution < 1.29 is 9.53 Å². The molecule has 0 aromatic rings. The third-order valence-corrected chi connectivity index (χ3v) is 3.54. The van der Waals surface area contributed by atoms with Crippen LogP contribution in [0.3, 0.4) is 0 Å². The zero-order valence-corrected chi connectivity index (χ0v) is 15.3. The Morgan fingerprint density at radius 3 is 2.30 bits per heavy atom. The molecule has 0 bridgehead atoms. The van der Waals surface area contributed by atoms with Crippen molar-refractivity contribution in [1.82, 2.24) is 9.80 Å². The highest BCUT2D eigenvalue weighted by Gasteiger charge is 2.09. The summed E-state index contributed by atoms with van der Waals surface area (Å²) in [7, 11) is 3.81. The number of terminal acetylenes is 1. The van der Waals surface area contributed by atoms with Gasteiger partial charge in [0, 0.05) is 45.0 Å². The fraction of sp³-hybridized carbons (Fsp3) is 0.556. The van der Waals surface area contributed by atoms with Crippen LogP contribution in [0, 0.1) is 12.5 Å². The molecule has 0 saturated carbocycles. The Kier molecular flexibility index (Phi) is 9.48. The number of esters is 1. The summed E-state index contributed by atoms with van der Waals surface area (Å²) in [5.41, 5.74) is 2.92. The van der Waals surface area contributed by atoms with Crippen LogP contribution in [0.25, 0.3) is 0 Å². The molecule has 0 atom stereocenters. The summed E-state index contributed by atoms with van der Waals surface area (Å²) < 4.78 is 4.92. The number of nitrogens with zero attached hydrogens (tertiary/aromatic N) is 3. The first kappa shape index (κ1) is 20.8. The lowest BCUT2D eigenvalue weighted by atomic mass is 10.1. The molecule has 0 aromatic carbocycles. The van der Waals surface area contributed by atoms with Gasteiger partial charge in [-0.05, 0) is 39.2 Å². The van der Waals surface area contributed by atoms with Gasteiger partial charge in [-0.1, -0.05) is 13.0 Å². The SMILES string of the molecule is C#CN(CCCCOC(C)=O)/C(C)=C(C)/C(C)=N\C(=C)N(C)C. The van der Waals surface area contributed by atoms with Crippen LogP contribution in [-0.2, 0) is 9.53 Å². The van der Waals surface area contributed by atoms with Crippen LogP contribution >= 0.6 is 0 Å². The molecule has 0 saturated heterocycles. The molecule has 0 fully saturated rings. The maximum atomic E-state index is 10.7. The van der Waals surface area contributed by atoms with Crippen molar-refractivity contribution in [2.75, 3.05) is 27.2 Å². The summed E-state index contributed by atoms with van der Waals surface area (Å²) in [5.74, 6) is 0.446. The van der Waals surface area contributed by atoms with E-state index in [1.54, 1.807) is 0 Å². The van der Waals surface area contributed by atoms with Gasteiger partial charge < -0.3 is 14.5 Å². The number of hydrogen-bond acceptors (Lipinski definition) is 5. The van der Waals surface area contributed by atoms with Crippen molar-refractivity contribution >= 4 is 11.7 Å². The topological polar surface area (TPSA) is 45.1 Å². The van der Waals surface area contributed by atoms with Gasteiger partial charge in [-0.25, -0.2) is 4.99 Å². The molecule has 0 N–H and O–H groups in total. The maximum Gasteiger partial charge on any atom is 0.302 e. The van der Waals surface area contributed by atoms with Gasteiger partial charge >= 0.3 is 5.97 Å². The molecular weight excluding hydrogens is 290 g/mol. The monoisotopic (exact) mass is 319 g/mol. The van der Waals surface area contributed by atoms with Crippen LogP contribution in [0.2, 0.25) is 0 Å². The van der Waals surface area contributed by atoms with E-state index in [4.69, 9.17) is 11.2 Å². The first-order chi connectivity index (χ1) is 10.7. The van der Waals surface area contributed by atoms with Crippen LogP contribution in [0.15, 0.2) is 28.7 Å². The van der Waals surface area contributed by atoms with Gasteiger partial charge in [0.05, 0.1) is 6.61 Å². The molecule has 0 aromatic heterocycles. The van der Waals surface area contributed by atoms with E-state index in [0.29, 0.717) is 19.0 Å². The summed E-state index contributed by atoms with van der Waals surface area (Å²) in [4.78, 5) is 18.9. The number of hydrogen-bond donors (Lipinski definition) is 0. The van der Waals surface area contributed by atoms with E-state index in [-0.39, 0.29) is 5.97 Å². The summed E-state index contributed by atoms with van der Waals surface area (Å²) in [6, 6.07) is 2.69.